The molecule has 0 aliphatic rings. The van der Waals surface area contributed by atoms with Gasteiger partial charge in [0.25, 0.3) is 11.7 Å². The zero-order valence-electron chi connectivity index (χ0n) is 16.7. The van der Waals surface area contributed by atoms with E-state index >= 15 is 0 Å². The smallest absolute Gasteiger partial charge is 0.276 e. The third kappa shape index (κ3) is 4.60. The number of hydrogen-bond acceptors (Lipinski definition) is 7. The molecule has 2 amide bonds. The normalized spacial score (nSPS) is 10.8. The fraction of sp³-hybridized carbons (Fsp3) is 0.316. The van der Waals surface area contributed by atoms with Crippen LogP contribution in [0.2, 0.25) is 0 Å². The second kappa shape index (κ2) is 8.13. The SMILES string of the molecule is Cc1ccc(OCC(=O)NNC(=O)Cc2c(C)nc3nc(N)nn3c2C)cc1C. The lowest BCUT2D eigenvalue weighted by molar-refractivity contribution is -0.129. The van der Waals surface area contributed by atoms with E-state index in [1.165, 1.54) is 4.52 Å². The molecule has 152 valence electrons. The van der Waals surface area contributed by atoms with Gasteiger partial charge in [0, 0.05) is 17.0 Å². The van der Waals surface area contributed by atoms with E-state index in [1.807, 2.05) is 26.0 Å². The van der Waals surface area contributed by atoms with Crippen LogP contribution in [0.1, 0.15) is 28.1 Å². The van der Waals surface area contributed by atoms with Crippen molar-refractivity contribution in [1.29, 1.82) is 0 Å². The number of amides is 2. The largest absolute Gasteiger partial charge is 0.484 e. The highest BCUT2D eigenvalue weighted by Crippen LogP contribution is 2.16. The summed E-state index contributed by atoms with van der Waals surface area (Å²) in [5.74, 6) is 0.205. The minimum atomic E-state index is -0.470. The Kier molecular flexibility index (Phi) is 5.62. The van der Waals surface area contributed by atoms with Gasteiger partial charge in [-0.2, -0.15) is 9.50 Å². The number of fused-ring (bicyclic) bond motifs is 1. The number of hydrogen-bond donors (Lipinski definition) is 3. The maximum Gasteiger partial charge on any atom is 0.276 e. The topological polar surface area (TPSA) is 137 Å². The molecule has 10 heteroatoms. The first kappa shape index (κ1) is 20.1. The number of benzene rings is 1. The lowest BCUT2D eigenvalue weighted by Crippen LogP contribution is -2.44. The van der Waals surface area contributed by atoms with Crippen LogP contribution in [0.25, 0.3) is 5.78 Å². The maximum absolute atomic E-state index is 12.3. The zero-order valence-corrected chi connectivity index (χ0v) is 16.7. The van der Waals surface area contributed by atoms with Crippen molar-refractivity contribution >= 4 is 23.5 Å². The summed E-state index contributed by atoms with van der Waals surface area (Å²) < 4.78 is 6.93. The molecule has 0 saturated carbocycles. The number of nitrogens with one attached hydrogen (secondary N) is 2. The predicted octanol–water partition coefficient (Wildman–Crippen LogP) is 0.709. The molecule has 2 aromatic heterocycles. The second-order valence-corrected chi connectivity index (χ2v) is 6.75. The van der Waals surface area contributed by atoms with E-state index in [2.05, 4.69) is 25.9 Å². The van der Waals surface area contributed by atoms with Crippen molar-refractivity contribution in [2.45, 2.75) is 34.1 Å². The first-order valence-corrected chi connectivity index (χ1v) is 9.00. The first-order valence-electron chi connectivity index (χ1n) is 9.00. The molecule has 1 aromatic carbocycles. The summed E-state index contributed by atoms with van der Waals surface area (Å²) in [6.45, 7) is 7.32. The van der Waals surface area contributed by atoms with Gasteiger partial charge >= 0.3 is 0 Å². The number of anilines is 1. The van der Waals surface area contributed by atoms with Crippen LogP contribution in [0.15, 0.2) is 18.2 Å². The summed E-state index contributed by atoms with van der Waals surface area (Å²) in [5, 5.41) is 4.06. The molecule has 3 rings (SSSR count). The molecule has 0 atom stereocenters. The van der Waals surface area contributed by atoms with Crippen molar-refractivity contribution in [2.24, 2.45) is 0 Å². The van der Waals surface area contributed by atoms with E-state index in [0.717, 1.165) is 11.1 Å². The zero-order chi connectivity index (χ0) is 21.1. The van der Waals surface area contributed by atoms with Gasteiger partial charge in [-0.15, -0.1) is 5.10 Å². The van der Waals surface area contributed by atoms with Crippen LogP contribution >= 0.6 is 0 Å². The minimum absolute atomic E-state index is 0.0126. The van der Waals surface area contributed by atoms with Crippen LogP contribution in [0, 0.1) is 27.7 Å². The summed E-state index contributed by atoms with van der Waals surface area (Å²) in [6.07, 6.45) is 0.0126. The highest BCUT2D eigenvalue weighted by atomic mass is 16.5. The fourth-order valence-electron chi connectivity index (χ4n) is 2.81. The molecule has 0 radical (unpaired) electrons. The number of carbonyl (C=O) groups excluding carboxylic acids is 2. The molecule has 3 aromatic rings. The number of nitrogens with zero attached hydrogens (tertiary/aromatic N) is 4. The molecule has 2 heterocycles. The molecule has 0 fully saturated rings. The number of rotatable bonds is 5. The van der Waals surface area contributed by atoms with Crippen molar-refractivity contribution in [3.05, 3.63) is 46.3 Å². The first-order chi connectivity index (χ1) is 13.7. The molecule has 10 nitrogen and oxygen atoms in total. The number of aromatic nitrogens is 4. The Labute approximate surface area is 167 Å². The molecule has 0 aliphatic heterocycles. The molecule has 29 heavy (non-hydrogen) atoms. The molecule has 0 spiro atoms. The summed E-state index contributed by atoms with van der Waals surface area (Å²) >= 11 is 0. The van der Waals surface area contributed by atoms with Crippen molar-refractivity contribution in [1.82, 2.24) is 30.4 Å². The average molecular weight is 397 g/mol. The fourth-order valence-corrected chi connectivity index (χ4v) is 2.81. The standard InChI is InChI=1S/C19H23N7O3/c1-10-5-6-14(7-11(10)2)29-9-17(28)24-23-16(27)8-15-12(3)21-19-22-18(20)25-26(19)13(15)4/h5-7H,8-9H2,1-4H3,(H2,20,25)(H,23,27)(H,24,28). The molecule has 0 unspecified atom stereocenters. The van der Waals surface area contributed by atoms with E-state index in [9.17, 15) is 9.59 Å². The Morgan fingerprint density at radius 1 is 1.07 bits per heavy atom. The van der Waals surface area contributed by atoms with Crippen LogP contribution in [0.4, 0.5) is 5.95 Å². The van der Waals surface area contributed by atoms with E-state index < -0.39 is 11.8 Å². The molecule has 0 aliphatic carbocycles. The summed E-state index contributed by atoms with van der Waals surface area (Å²) in [6, 6.07) is 5.56. The second-order valence-electron chi connectivity index (χ2n) is 6.75. The minimum Gasteiger partial charge on any atom is -0.484 e. The van der Waals surface area contributed by atoms with Crippen LogP contribution in [-0.4, -0.2) is 38.0 Å². The van der Waals surface area contributed by atoms with E-state index in [1.54, 1.807) is 19.9 Å². The average Bonchev–Trinajstić information content (AvgIpc) is 3.04. The van der Waals surface area contributed by atoms with Crippen LogP contribution in [-0.2, 0) is 16.0 Å². The number of ether oxygens (including phenoxy) is 1. The number of carbonyl (C=O) groups is 2. The Morgan fingerprint density at radius 3 is 2.52 bits per heavy atom. The van der Waals surface area contributed by atoms with Gasteiger partial charge in [-0.25, -0.2) is 4.98 Å². The van der Waals surface area contributed by atoms with Gasteiger partial charge < -0.3 is 10.5 Å². The lowest BCUT2D eigenvalue weighted by Gasteiger charge is -2.12. The number of nitrogens with two attached hydrogens (primary N) is 1. The van der Waals surface area contributed by atoms with Gasteiger partial charge in [0.2, 0.25) is 11.9 Å². The van der Waals surface area contributed by atoms with Gasteiger partial charge in [0.15, 0.2) is 6.61 Å². The van der Waals surface area contributed by atoms with E-state index in [0.29, 0.717) is 28.5 Å². The molecular weight excluding hydrogens is 374 g/mol. The third-order valence-electron chi connectivity index (χ3n) is 4.59. The van der Waals surface area contributed by atoms with Crippen molar-refractivity contribution < 1.29 is 14.3 Å². The Balaban J connectivity index is 1.55. The third-order valence-corrected chi connectivity index (χ3v) is 4.59. The quantitative estimate of drug-likeness (QED) is 0.539. The Hall–Kier alpha value is -3.69. The maximum atomic E-state index is 12.3. The summed E-state index contributed by atoms with van der Waals surface area (Å²) in [5.41, 5.74) is 14.6. The Bertz CT molecular complexity index is 1090. The Morgan fingerprint density at radius 2 is 1.79 bits per heavy atom. The van der Waals surface area contributed by atoms with Gasteiger partial charge in [0.1, 0.15) is 5.75 Å². The van der Waals surface area contributed by atoms with Crippen LogP contribution in [0.3, 0.4) is 0 Å². The van der Waals surface area contributed by atoms with Crippen LogP contribution in [0.5, 0.6) is 5.75 Å². The number of nitrogen functional groups attached to an aromatic ring is 1. The molecular formula is C19H23N7O3. The molecule has 4 N–H and O–H groups in total. The van der Waals surface area contributed by atoms with Gasteiger partial charge in [-0.05, 0) is 51.0 Å². The number of hydrazine groups is 1. The van der Waals surface area contributed by atoms with E-state index in [-0.39, 0.29) is 19.0 Å². The summed E-state index contributed by atoms with van der Waals surface area (Å²) in [7, 11) is 0. The van der Waals surface area contributed by atoms with Crippen molar-refractivity contribution in [3.8, 4) is 5.75 Å². The van der Waals surface area contributed by atoms with Crippen molar-refractivity contribution in [3.63, 3.8) is 0 Å². The van der Waals surface area contributed by atoms with Gasteiger partial charge in [-0.3, -0.25) is 20.4 Å². The molecule has 0 saturated heterocycles. The van der Waals surface area contributed by atoms with E-state index in [4.69, 9.17) is 10.5 Å². The van der Waals surface area contributed by atoms with Crippen molar-refractivity contribution in [2.75, 3.05) is 12.3 Å². The van der Waals surface area contributed by atoms with Gasteiger partial charge in [0.05, 0.1) is 6.42 Å². The van der Waals surface area contributed by atoms with Crippen LogP contribution < -0.4 is 21.3 Å². The number of aryl methyl sites for hydroxylation is 4. The van der Waals surface area contributed by atoms with Gasteiger partial charge in [-0.1, -0.05) is 6.07 Å². The summed E-state index contributed by atoms with van der Waals surface area (Å²) in [4.78, 5) is 32.5. The highest BCUT2D eigenvalue weighted by molar-refractivity contribution is 5.84. The predicted molar refractivity (Wildman–Crippen MR) is 106 cm³/mol. The lowest BCUT2D eigenvalue weighted by atomic mass is 10.1. The highest BCUT2D eigenvalue weighted by Gasteiger charge is 2.16. The monoisotopic (exact) mass is 397 g/mol. The molecule has 0 bridgehead atoms.